The molecular weight excluding hydrogens is 279 g/mol. The number of aryl methyl sites for hydroxylation is 2. The first-order chi connectivity index (χ1) is 8.80. The van der Waals surface area contributed by atoms with Gasteiger partial charge in [-0.3, -0.25) is 0 Å². The highest BCUT2D eigenvalue weighted by Gasteiger charge is 2.09. The Hall–Kier alpha value is -0.730. The molecule has 0 amide bonds. The van der Waals surface area contributed by atoms with Gasteiger partial charge in [-0.2, -0.15) is 0 Å². The van der Waals surface area contributed by atoms with Crippen molar-refractivity contribution in [2.75, 3.05) is 0 Å². The van der Waals surface area contributed by atoms with Crippen molar-refractivity contribution in [3.05, 3.63) is 29.6 Å². The van der Waals surface area contributed by atoms with Gasteiger partial charge in [0, 0.05) is 6.54 Å². The minimum atomic E-state index is 0. The average Bonchev–Trinajstić information content (AvgIpc) is 2.76. The summed E-state index contributed by atoms with van der Waals surface area (Å²) in [6.45, 7) is 5.42. The Kier molecular flexibility index (Phi) is 6.67. The van der Waals surface area contributed by atoms with E-state index in [-0.39, 0.29) is 12.4 Å². The Balaban J connectivity index is 0.00000180. The van der Waals surface area contributed by atoms with Gasteiger partial charge in [-0.15, -0.1) is 24.0 Å². The summed E-state index contributed by atoms with van der Waals surface area (Å²) in [4.78, 5) is 4.65. The molecule has 1 heterocycles. The highest BCUT2D eigenvalue weighted by molar-refractivity contribution is 6.16. The number of unbranched alkanes of at least 4 members (excludes halogenated alkanes) is 2. The van der Waals surface area contributed by atoms with Crippen molar-refractivity contribution in [1.29, 1.82) is 0 Å². The maximum absolute atomic E-state index is 6.01. The molecule has 0 radical (unpaired) electrons. The van der Waals surface area contributed by atoms with E-state index in [0.717, 1.165) is 24.3 Å². The van der Waals surface area contributed by atoms with Gasteiger partial charge in [0.1, 0.15) is 5.82 Å². The Morgan fingerprint density at radius 3 is 2.63 bits per heavy atom. The smallest absolute Gasteiger partial charge is 0.124 e. The van der Waals surface area contributed by atoms with E-state index in [1.165, 1.54) is 30.3 Å². The molecule has 0 unspecified atom stereocenters. The van der Waals surface area contributed by atoms with E-state index < -0.39 is 0 Å². The fourth-order valence-corrected chi connectivity index (χ4v) is 2.52. The molecule has 2 nitrogen and oxygen atoms in total. The predicted octanol–water partition coefficient (Wildman–Crippen LogP) is 4.95. The van der Waals surface area contributed by atoms with Crippen LogP contribution in [-0.4, -0.2) is 9.55 Å². The predicted molar refractivity (Wildman–Crippen MR) is 85.4 cm³/mol. The van der Waals surface area contributed by atoms with Gasteiger partial charge < -0.3 is 4.57 Å². The van der Waals surface area contributed by atoms with Crippen LogP contribution in [0.25, 0.3) is 11.0 Å². The van der Waals surface area contributed by atoms with Gasteiger partial charge in [0.25, 0.3) is 0 Å². The monoisotopic (exact) mass is 300 g/mol. The van der Waals surface area contributed by atoms with Crippen molar-refractivity contribution >= 4 is 35.0 Å². The maximum Gasteiger partial charge on any atom is 0.124 e. The van der Waals surface area contributed by atoms with Crippen molar-refractivity contribution in [1.82, 2.24) is 9.55 Å². The second kappa shape index (κ2) is 7.76. The standard InChI is InChI=1S/C15H21ClN2.ClH/c1-3-5-6-9-18-14-8-7-12(4-2)10-13(14)17-15(18)11-16;/h7-8,10H,3-6,9,11H2,1-2H3;1H. The van der Waals surface area contributed by atoms with Crippen molar-refractivity contribution in [2.45, 2.75) is 52.0 Å². The average molecular weight is 301 g/mol. The van der Waals surface area contributed by atoms with Crippen LogP contribution in [0.1, 0.15) is 44.5 Å². The van der Waals surface area contributed by atoms with E-state index in [2.05, 4.69) is 41.6 Å². The first-order valence-electron chi connectivity index (χ1n) is 6.84. The molecule has 1 aromatic heterocycles. The molecule has 2 rings (SSSR count). The Morgan fingerprint density at radius 1 is 1.21 bits per heavy atom. The lowest BCUT2D eigenvalue weighted by atomic mass is 10.1. The second-order valence-corrected chi connectivity index (χ2v) is 4.96. The largest absolute Gasteiger partial charge is 0.327 e. The summed E-state index contributed by atoms with van der Waals surface area (Å²) in [5.74, 6) is 1.48. The zero-order valence-corrected chi connectivity index (χ0v) is 13.2. The van der Waals surface area contributed by atoms with Gasteiger partial charge in [-0.1, -0.05) is 32.8 Å². The van der Waals surface area contributed by atoms with E-state index in [9.17, 15) is 0 Å². The maximum atomic E-state index is 6.01. The number of halogens is 2. The third-order valence-electron chi connectivity index (χ3n) is 3.40. The van der Waals surface area contributed by atoms with Crippen LogP contribution in [0.4, 0.5) is 0 Å². The summed E-state index contributed by atoms with van der Waals surface area (Å²) in [6.07, 6.45) is 4.74. The van der Waals surface area contributed by atoms with E-state index >= 15 is 0 Å². The molecule has 0 saturated heterocycles. The third kappa shape index (κ3) is 3.64. The fourth-order valence-electron chi connectivity index (χ4n) is 2.32. The number of alkyl halides is 1. The summed E-state index contributed by atoms with van der Waals surface area (Å²) < 4.78 is 2.28. The summed E-state index contributed by atoms with van der Waals surface area (Å²) in [5, 5.41) is 0. The minimum Gasteiger partial charge on any atom is -0.327 e. The number of nitrogens with zero attached hydrogens (tertiary/aromatic N) is 2. The lowest BCUT2D eigenvalue weighted by molar-refractivity contribution is 0.600. The number of rotatable bonds is 6. The molecule has 0 aliphatic carbocycles. The lowest BCUT2D eigenvalue weighted by Crippen LogP contribution is -2.02. The summed E-state index contributed by atoms with van der Waals surface area (Å²) in [5.41, 5.74) is 3.64. The first-order valence-corrected chi connectivity index (χ1v) is 7.37. The molecule has 0 atom stereocenters. The molecule has 0 fully saturated rings. The molecule has 0 bridgehead atoms. The molecule has 1 aromatic carbocycles. The van der Waals surface area contributed by atoms with Crippen molar-refractivity contribution in [3.63, 3.8) is 0 Å². The van der Waals surface area contributed by atoms with Gasteiger partial charge in [0.05, 0.1) is 16.9 Å². The molecule has 4 heteroatoms. The molecule has 19 heavy (non-hydrogen) atoms. The summed E-state index contributed by atoms with van der Waals surface area (Å²) >= 11 is 6.01. The number of hydrogen-bond donors (Lipinski definition) is 0. The van der Waals surface area contributed by atoms with E-state index in [0.29, 0.717) is 5.88 Å². The molecular formula is C15H22Cl2N2. The molecule has 0 saturated carbocycles. The van der Waals surface area contributed by atoms with Gasteiger partial charge in [-0.05, 0) is 30.5 Å². The van der Waals surface area contributed by atoms with Crippen LogP contribution in [0, 0.1) is 0 Å². The minimum absolute atomic E-state index is 0. The second-order valence-electron chi connectivity index (χ2n) is 4.70. The van der Waals surface area contributed by atoms with Crippen LogP contribution in [0.3, 0.4) is 0 Å². The normalized spacial score (nSPS) is 10.7. The summed E-state index contributed by atoms with van der Waals surface area (Å²) in [7, 11) is 0. The van der Waals surface area contributed by atoms with Gasteiger partial charge in [0.2, 0.25) is 0 Å². The van der Waals surface area contributed by atoms with Crippen molar-refractivity contribution in [2.24, 2.45) is 0 Å². The highest BCUT2D eigenvalue weighted by Crippen LogP contribution is 2.20. The van der Waals surface area contributed by atoms with E-state index in [1.807, 2.05) is 0 Å². The van der Waals surface area contributed by atoms with Crippen LogP contribution in [0.2, 0.25) is 0 Å². The van der Waals surface area contributed by atoms with Crippen LogP contribution in [0.5, 0.6) is 0 Å². The SMILES string of the molecule is CCCCCn1c(CCl)nc2cc(CC)ccc21.Cl. The number of imidazole rings is 1. The van der Waals surface area contributed by atoms with Crippen molar-refractivity contribution in [3.8, 4) is 0 Å². The lowest BCUT2D eigenvalue weighted by Gasteiger charge is -2.07. The molecule has 0 spiro atoms. The Morgan fingerprint density at radius 2 is 2.00 bits per heavy atom. The summed E-state index contributed by atoms with van der Waals surface area (Å²) in [6, 6.07) is 6.56. The fraction of sp³-hybridized carbons (Fsp3) is 0.533. The molecule has 106 valence electrons. The quantitative estimate of drug-likeness (QED) is 0.545. The van der Waals surface area contributed by atoms with E-state index in [1.54, 1.807) is 0 Å². The third-order valence-corrected chi connectivity index (χ3v) is 3.64. The number of fused-ring (bicyclic) bond motifs is 1. The number of aromatic nitrogens is 2. The van der Waals surface area contributed by atoms with Gasteiger partial charge in [0.15, 0.2) is 0 Å². The molecule has 0 aliphatic rings. The van der Waals surface area contributed by atoms with Gasteiger partial charge in [-0.25, -0.2) is 4.98 Å². The Labute approximate surface area is 126 Å². The van der Waals surface area contributed by atoms with E-state index in [4.69, 9.17) is 11.6 Å². The van der Waals surface area contributed by atoms with Crippen LogP contribution in [0.15, 0.2) is 18.2 Å². The first kappa shape index (κ1) is 16.3. The zero-order chi connectivity index (χ0) is 13.0. The van der Waals surface area contributed by atoms with Crippen LogP contribution < -0.4 is 0 Å². The molecule has 0 aliphatic heterocycles. The van der Waals surface area contributed by atoms with Gasteiger partial charge >= 0.3 is 0 Å². The molecule has 0 N–H and O–H groups in total. The Bertz CT molecular complexity index is 520. The van der Waals surface area contributed by atoms with Crippen LogP contribution >= 0.6 is 24.0 Å². The number of hydrogen-bond acceptors (Lipinski definition) is 1. The zero-order valence-electron chi connectivity index (χ0n) is 11.7. The van der Waals surface area contributed by atoms with Crippen LogP contribution in [-0.2, 0) is 18.8 Å². The topological polar surface area (TPSA) is 17.8 Å². The number of benzene rings is 1. The van der Waals surface area contributed by atoms with Crippen molar-refractivity contribution < 1.29 is 0 Å². The molecule has 2 aromatic rings. The highest BCUT2D eigenvalue weighted by atomic mass is 35.5.